The number of rotatable bonds is 3. The van der Waals surface area contributed by atoms with Crippen LogP contribution in [0.2, 0.25) is 0 Å². The predicted molar refractivity (Wildman–Crippen MR) is 131 cm³/mol. The van der Waals surface area contributed by atoms with Crippen LogP contribution in [-0.4, -0.2) is 57.3 Å². The smallest absolute Gasteiger partial charge is 0.265 e. The van der Waals surface area contributed by atoms with Gasteiger partial charge in [-0.15, -0.1) is 0 Å². The van der Waals surface area contributed by atoms with Gasteiger partial charge in [-0.2, -0.15) is 0 Å². The number of amides is 2. The van der Waals surface area contributed by atoms with Gasteiger partial charge in [0.05, 0.1) is 16.6 Å². The highest BCUT2D eigenvalue weighted by molar-refractivity contribution is 5.94. The van der Waals surface area contributed by atoms with Crippen LogP contribution >= 0.6 is 0 Å². The first-order valence-electron chi connectivity index (χ1n) is 12.2. The summed E-state index contributed by atoms with van der Waals surface area (Å²) in [7, 11) is 0. The Bertz CT molecular complexity index is 1270. The number of carbonyl (C=O) groups is 2. The minimum Gasteiger partial charge on any atom is -0.342 e. The number of hydrogen-bond donors (Lipinski definition) is 0. The quantitative estimate of drug-likeness (QED) is 0.602. The standard InChI is InChI=1S/C27H30N4O3/c1-19-28-24-8-4-3-7-23(24)27(34)31(19)22-11-9-20(10-12-22)25(32)30-17-13-21(14-18-30)26(33)29-15-5-2-6-16-29/h3-4,7-12,21H,2,5-6,13-18H2,1H3. The molecule has 0 N–H and O–H groups in total. The number of aryl methyl sites for hydroxylation is 1. The van der Waals surface area contributed by atoms with E-state index in [9.17, 15) is 14.4 Å². The Morgan fingerprint density at radius 2 is 1.53 bits per heavy atom. The normalized spacial score (nSPS) is 17.2. The molecule has 0 unspecified atom stereocenters. The van der Waals surface area contributed by atoms with Gasteiger partial charge in [-0.05, 0) is 75.4 Å². The van der Waals surface area contributed by atoms with Gasteiger partial charge in [0.15, 0.2) is 0 Å². The summed E-state index contributed by atoms with van der Waals surface area (Å²) >= 11 is 0. The van der Waals surface area contributed by atoms with E-state index in [1.54, 1.807) is 34.9 Å². The van der Waals surface area contributed by atoms with Crippen molar-refractivity contribution < 1.29 is 9.59 Å². The minimum atomic E-state index is -0.123. The maximum Gasteiger partial charge on any atom is 0.265 e. The van der Waals surface area contributed by atoms with Crippen molar-refractivity contribution in [3.63, 3.8) is 0 Å². The third-order valence-corrected chi connectivity index (χ3v) is 7.12. The molecule has 2 aromatic carbocycles. The van der Waals surface area contributed by atoms with Crippen molar-refractivity contribution in [3.8, 4) is 5.69 Å². The topological polar surface area (TPSA) is 75.5 Å². The number of hydrogen-bond acceptors (Lipinski definition) is 4. The average Bonchev–Trinajstić information content (AvgIpc) is 2.89. The zero-order valence-corrected chi connectivity index (χ0v) is 19.6. The van der Waals surface area contributed by atoms with Crippen molar-refractivity contribution in [2.45, 2.75) is 39.0 Å². The summed E-state index contributed by atoms with van der Waals surface area (Å²) in [6.07, 6.45) is 4.84. The molecule has 2 fully saturated rings. The molecule has 2 aliphatic rings. The molecule has 2 aliphatic heterocycles. The summed E-state index contributed by atoms with van der Waals surface area (Å²) < 4.78 is 1.58. The first-order chi connectivity index (χ1) is 16.5. The lowest BCUT2D eigenvalue weighted by atomic mass is 9.94. The summed E-state index contributed by atoms with van der Waals surface area (Å²) in [5, 5.41) is 0.565. The fraction of sp³-hybridized carbons (Fsp3) is 0.407. The number of nitrogens with zero attached hydrogens (tertiary/aromatic N) is 4. The van der Waals surface area contributed by atoms with Gasteiger partial charge in [-0.3, -0.25) is 19.0 Å². The van der Waals surface area contributed by atoms with Gasteiger partial charge in [0.25, 0.3) is 11.5 Å². The summed E-state index contributed by atoms with van der Waals surface area (Å²) in [6.45, 7) is 4.75. The highest BCUT2D eigenvalue weighted by Crippen LogP contribution is 2.23. The van der Waals surface area contributed by atoms with E-state index < -0.39 is 0 Å². The van der Waals surface area contributed by atoms with Crippen LogP contribution in [0.5, 0.6) is 0 Å². The number of piperidine rings is 2. The Labute approximate surface area is 199 Å². The molecule has 0 spiro atoms. The molecular weight excluding hydrogens is 428 g/mol. The van der Waals surface area contributed by atoms with Gasteiger partial charge < -0.3 is 9.80 Å². The van der Waals surface area contributed by atoms with Crippen LogP contribution in [0.4, 0.5) is 0 Å². The van der Waals surface area contributed by atoms with E-state index in [1.807, 2.05) is 34.9 Å². The van der Waals surface area contributed by atoms with Gasteiger partial charge in [0.1, 0.15) is 5.82 Å². The molecule has 0 aliphatic carbocycles. The number of likely N-dealkylation sites (tertiary alicyclic amines) is 2. The van der Waals surface area contributed by atoms with Gasteiger partial charge >= 0.3 is 0 Å². The minimum absolute atomic E-state index is 0.0276. The number of benzene rings is 2. The van der Waals surface area contributed by atoms with Gasteiger partial charge in [0.2, 0.25) is 5.91 Å². The summed E-state index contributed by atoms with van der Waals surface area (Å²) in [5.74, 6) is 0.861. The molecule has 3 aromatic rings. The number of aromatic nitrogens is 2. The third-order valence-electron chi connectivity index (χ3n) is 7.12. The van der Waals surface area contributed by atoms with Gasteiger partial charge in [-0.25, -0.2) is 4.98 Å². The second-order valence-corrected chi connectivity index (χ2v) is 9.32. The maximum absolute atomic E-state index is 13.1. The predicted octanol–water partition coefficient (Wildman–Crippen LogP) is 3.56. The second kappa shape index (κ2) is 9.41. The molecule has 176 valence electrons. The van der Waals surface area contributed by atoms with Crippen LogP contribution < -0.4 is 5.56 Å². The Kier molecular flexibility index (Phi) is 6.18. The Balaban J connectivity index is 1.27. The fourth-order valence-corrected chi connectivity index (χ4v) is 5.19. The van der Waals surface area contributed by atoms with Crippen LogP contribution in [0, 0.1) is 12.8 Å². The van der Waals surface area contributed by atoms with Crippen molar-refractivity contribution in [3.05, 3.63) is 70.3 Å². The summed E-state index contributed by atoms with van der Waals surface area (Å²) in [6, 6.07) is 14.4. The highest BCUT2D eigenvalue weighted by Gasteiger charge is 2.31. The monoisotopic (exact) mass is 458 g/mol. The lowest BCUT2D eigenvalue weighted by Gasteiger charge is -2.35. The second-order valence-electron chi connectivity index (χ2n) is 9.32. The van der Waals surface area contributed by atoms with Crippen LogP contribution in [0.15, 0.2) is 53.3 Å². The molecule has 1 aromatic heterocycles. The first-order valence-corrected chi connectivity index (χ1v) is 12.2. The molecule has 0 atom stereocenters. The zero-order valence-electron chi connectivity index (χ0n) is 19.6. The van der Waals surface area contributed by atoms with E-state index in [1.165, 1.54) is 6.42 Å². The van der Waals surface area contributed by atoms with E-state index in [0.29, 0.717) is 41.1 Å². The van der Waals surface area contributed by atoms with Crippen molar-refractivity contribution in [1.29, 1.82) is 0 Å². The van der Waals surface area contributed by atoms with Crippen molar-refractivity contribution >= 4 is 22.7 Å². The Morgan fingerprint density at radius 1 is 0.853 bits per heavy atom. The fourth-order valence-electron chi connectivity index (χ4n) is 5.19. The first kappa shape index (κ1) is 22.3. The molecule has 7 nitrogen and oxygen atoms in total. The summed E-state index contributed by atoms with van der Waals surface area (Å²) in [5.41, 5.74) is 1.82. The van der Waals surface area contributed by atoms with Crippen molar-refractivity contribution in [2.24, 2.45) is 5.92 Å². The molecule has 2 saturated heterocycles. The van der Waals surface area contributed by atoms with Gasteiger partial charge in [0, 0.05) is 37.7 Å². The van der Waals surface area contributed by atoms with E-state index in [4.69, 9.17) is 0 Å². The van der Waals surface area contributed by atoms with Crippen molar-refractivity contribution in [2.75, 3.05) is 26.2 Å². The molecular formula is C27H30N4O3. The van der Waals surface area contributed by atoms with E-state index in [-0.39, 0.29) is 23.3 Å². The van der Waals surface area contributed by atoms with Crippen LogP contribution in [0.25, 0.3) is 16.6 Å². The van der Waals surface area contributed by atoms with Crippen molar-refractivity contribution in [1.82, 2.24) is 19.4 Å². The van der Waals surface area contributed by atoms with Gasteiger partial charge in [-0.1, -0.05) is 12.1 Å². The van der Waals surface area contributed by atoms with Crippen LogP contribution in [-0.2, 0) is 4.79 Å². The number of fused-ring (bicyclic) bond motifs is 1. The molecule has 7 heteroatoms. The molecule has 34 heavy (non-hydrogen) atoms. The van der Waals surface area contributed by atoms with E-state index in [2.05, 4.69) is 4.98 Å². The number of carbonyl (C=O) groups excluding carboxylic acids is 2. The highest BCUT2D eigenvalue weighted by atomic mass is 16.2. The molecule has 5 rings (SSSR count). The largest absolute Gasteiger partial charge is 0.342 e. The average molecular weight is 459 g/mol. The molecule has 3 heterocycles. The Hall–Kier alpha value is -3.48. The third kappa shape index (κ3) is 4.22. The van der Waals surface area contributed by atoms with E-state index in [0.717, 1.165) is 38.8 Å². The maximum atomic E-state index is 13.1. The molecule has 0 bridgehead atoms. The molecule has 0 radical (unpaired) electrons. The number of para-hydroxylation sites is 1. The van der Waals surface area contributed by atoms with Crippen LogP contribution in [0.3, 0.4) is 0 Å². The molecule has 2 amide bonds. The summed E-state index contributed by atoms with van der Waals surface area (Å²) in [4.78, 5) is 47.3. The molecule has 0 saturated carbocycles. The zero-order chi connectivity index (χ0) is 23.7. The lowest BCUT2D eigenvalue weighted by molar-refractivity contribution is -0.137. The van der Waals surface area contributed by atoms with E-state index >= 15 is 0 Å². The Morgan fingerprint density at radius 3 is 2.24 bits per heavy atom. The van der Waals surface area contributed by atoms with Crippen LogP contribution in [0.1, 0.15) is 48.3 Å². The lowest BCUT2D eigenvalue weighted by Crippen LogP contribution is -2.45. The SMILES string of the molecule is Cc1nc2ccccc2c(=O)n1-c1ccc(C(=O)N2CCC(C(=O)N3CCCCC3)CC2)cc1.